The van der Waals surface area contributed by atoms with Crippen LogP contribution in [0.25, 0.3) is 0 Å². The van der Waals surface area contributed by atoms with Gasteiger partial charge >= 0.3 is 6.09 Å². The number of hydrogen-bond donors (Lipinski definition) is 1. The molecule has 4 heteroatoms. The van der Waals surface area contributed by atoms with E-state index in [1.165, 1.54) is 25.7 Å². The van der Waals surface area contributed by atoms with Gasteiger partial charge in [-0.2, -0.15) is 0 Å². The molecule has 0 saturated carbocycles. The SMILES string of the molecule is CCCCN(CCCC)CCCOC(=O)Nc1ccccc1. The Hall–Kier alpha value is -1.55. The standard InChI is InChI=1S/C18H30N2O2/c1-3-5-13-20(14-6-4-2)15-10-16-22-18(21)19-17-11-8-7-9-12-17/h7-9,11-12H,3-6,10,13-16H2,1-2H3,(H,19,21). The largest absolute Gasteiger partial charge is 0.449 e. The summed E-state index contributed by atoms with van der Waals surface area (Å²) >= 11 is 0. The van der Waals surface area contributed by atoms with E-state index < -0.39 is 0 Å². The molecule has 0 bridgehead atoms. The average Bonchev–Trinajstić information content (AvgIpc) is 2.54. The number of hydrogen-bond acceptors (Lipinski definition) is 3. The number of ether oxygens (including phenoxy) is 1. The van der Waals surface area contributed by atoms with Crippen LogP contribution in [0.4, 0.5) is 10.5 Å². The number of rotatable bonds is 11. The number of anilines is 1. The molecule has 4 nitrogen and oxygen atoms in total. The van der Waals surface area contributed by atoms with E-state index in [-0.39, 0.29) is 6.09 Å². The van der Waals surface area contributed by atoms with Gasteiger partial charge in [0.15, 0.2) is 0 Å². The summed E-state index contributed by atoms with van der Waals surface area (Å²) in [6.07, 6.45) is 5.42. The summed E-state index contributed by atoms with van der Waals surface area (Å²) < 4.78 is 5.23. The number of carbonyl (C=O) groups excluding carboxylic acids is 1. The van der Waals surface area contributed by atoms with Crippen LogP contribution in [0.15, 0.2) is 30.3 Å². The minimum atomic E-state index is -0.375. The number of para-hydroxylation sites is 1. The zero-order valence-corrected chi connectivity index (χ0v) is 14.0. The maximum absolute atomic E-state index is 11.7. The summed E-state index contributed by atoms with van der Waals surface area (Å²) in [5, 5.41) is 2.72. The Kier molecular flexibility index (Phi) is 10.1. The molecule has 22 heavy (non-hydrogen) atoms. The van der Waals surface area contributed by atoms with Gasteiger partial charge < -0.3 is 9.64 Å². The molecule has 1 aromatic carbocycles. The van der Waals surface area contributed by atoms with E-state index in [0.717, 1.165) is 31.7 Å². The quantitative estimate of drug-likeness (QED) is 0.611. The van der Waals surface area contributed by atoms with Gasteiger partial charge in [-0.05, 0) is 44.5 Å². The highest BCUT2D eigenvalue weighted by atomic mass is 16.5. The van der Waals surface area contributed by atoms with Crippen molar-refractivity contribution in [2.75, 3.05) is 31.6 Å². The molecule has 0 fully saturated rings. The molecule has 0 aliphatic carbocycles. The first-order valence-corrected chi connectivity index (χ1v) is 8.47. The minimum Gasteiger partial charge on any atom is -0.449 e. The molecule has 0 spiro atoms. The molecule has 0 atom stereocenters. The molecule has 1 aromatic rings. The zero-order valence-electron chi connectivity index (χ0n) is 14.0. The lowest BCUT2D eigenvalue weighted by Gasteiger charge is -2.21. The second-order valence-electron chi connectivity index (χ2n) is 5.53. The molecular formula is C18H30N2O2. The van der Waals surface area contributed by atoms with Crippen LogP contribution >= 0.6 is 0 Å². The number of unbranched alkanes of at least 4 members (excludes halogenated alkanes) is 2. The number of nitrogens with one attached hydrogen (secondary N) is 1. The predicted molar refractivity (Wildman–Crippen MR) is 92.3 cm³/mol. The minimum absolute atomic E-state index is 0.375. The summed E-state index contributed by atoms with van der Waals surface area (Å²) in [7, 11) is 0. The van der Waals surface area contributed by atoms with Crippen LogP contribution < -0.4 is 5.32 Å². The Labute approximate surface area is 134 Å². The summed E-state index contributed by atoms with van der Waals surface area (Å²) in [5.41, 5.74) is 0.764. The highest BCUT2D eigenvalue weighted by molar-refractivity contribution is 5.84. The first-order valence-electron chi connectivity index (χ1n) is 8.47. The highest BCUT2D eigenvalue weighted by Crippen LogP contribution is 2.05. The van der Waals surface area contributed by atoms with Crippen LogP contribution in [0.5, 0.6) is 0 Å². The topological polar surface area (TPSA) is 41.6 Å². The normalized spacial score (nSPS) is 10.7. The summed E-state index contributed by atoms with van der Waals surface area (Å²) in [4.78, 5) is 14.1. The Balaban J connectivity index is 2.17. The molecule has 0 aliphatic heterocycles. The van der Waals surface area contributed by atoms with E-state index in [2.05, 4.69) is 24.1 Å². The maximum atomic E-state index is 11.7. The Morgan fingerprint density at radius 3 is 2.18 bits per heavy atom. The first-order chi connectivity index (χ1) is 10.8. The molecule has 0 unspecified atom stereocenters. The Morgan fingerprint density at radius 2 is 1.59 bits per heavy atom. The van der Waals surface area contributed by atoms with E-state index in [9.17, 15) is 4.79 Å². The lowest BCUT2D eigenvalue weighted by molar-refractivity contribution is 0.151. The molecule has 1 rings (SSSR count). The third kappa shape index (κ3) is 8.67. The van der Waals surface area contributed by atoms with E-state index in [1.807, 2.05) is 30.3 Å². The zero-order chi connectivity index (χ0) is 16.0. The third-order valence-corrected chi connectivity index (χ3v) is 3.53. The van der Waals surface area contributed by atoms with Crippen molar-refractivity contribution in [3.63, 3.8) is 0 Å². The smallest absolute Gasteiger partial charge is 0.411 e. The van der Waals surface area contributed by atoms with Gasteiger partial charge in [-0.25, -0.2) is 4.79 Å². The van der Waals surface area contributed by atoms with Crippen LogP contribution in [-0.2, 0) is 4.74 Å². The Bertz CT molecular complexity index is 387. The predicted octanol–water partition coefficient (Wildman–Crippen LogP) is 4.53. The lowest BCUT2D eigenvalue weighted by Crippen LogP contribution is -2.28. The van der Waals surface area contributed by atoms with Crippen molar-refractivity contribution in [1.29, 1.82) is 0 Å². The molecule has 0 aliphatic rings. The van der Waals surface area contributed by atoms with E-state index in [4.69, 9.17) is 4.74 Å². The molecular weight excluding hydrogens is 276 g/mol. The van der Waals surface area contributed by atoms with Crippen LogP contribution in [0, 0.1) is 0 Å². The molecule has 0 radical (unpaired) electrons. The van der Waals surface area contributed by atoms with Gasteiger partial charge in [0.25, 0.3) is 0 Å². The van der Waals surface area contributed by atoms with Crippen LogP contribution in [-0.4, -0.2) is 37.2 Å². The number of benzene rings is 1. The molecule has 1 N–H and O–H groups in total. The highest BCUT2D eigenvalue weighted by Gasteiger charge is 2.06. The second kappa shape index (κ2) is 12.0. The second-order valence-corrected chi connectivity index (χ2v) is 5.53. The van der Waals surface area contributed by atoms with Crippen molar-refractivity contribution in [3.05, 3.63) is 30.3 Å². The Morgan fingerprint density at radius 1 is 1.00 bits per heavy atom. The molecule has 124 valence electrons. The molecule has 1 amide bonds. The van der Waals surface area contributed by atoms with Crippen molar-refractivity contribution >= 4 is 11.8 Å². The van der Waals surface area contributed by atoms with E-state index in [0.29, 0.717) is 6.61 Å². The monoisotopic (exact) mass is 306 g/mol. The first kappa shape index (κ1) is 18.5. The van der Waals surface area contributed by atoms with Gasteiger partial charge in [-0.15, -0.1) is 0 Å². The van der Waals surface area contributed by atoms with E-state index >= 15 is 0 Å². The number of amides is 1. The average molecular weight is 306 g/mol. The van der Waals surface area contributed by atoms with Gasteiger partial charge in [-0.3, -0.25) is 5.32 Å². The van der Waals surface area contributed by atoms with Gasteiger partial charge in [0, 0.05) is 12.2 Å². The van der Waals surface area contributed by atoms with Crippen molar-refractivity contribution in [2.24, 2.45) is 0 Å². The van der Waals surface area contributed by atoms with Gasteiger partial charge in [0.2, 0.25) is 0 Å². The van der Waals surface area contributed by atoms with Crippen molar-refractivity contribution in [3.8, 4) is 0 Å². The van der Waals surface area contributed by atoms with Crippen molar-refractivity contribution in [2.45, 2.75) is 46.0 Å². The van der Waals surface area contributed by atoms with E-state index in [1.54, 1.807) is 0 Å². The molecule has 0 saturated heterocycles. The summed E-state index contributed by atoms with van der Waals surface area (Å²) in [6.45, 7) is 8.19. The van der Waals surface area contributed by atoms with Crippen molar-refractivity contribution < 1.29 is 9.53 Å². The van der Waals surface area contributed by atoms with Crippen LogP contribution in [0.2, 0.25) is 0 Å². The van der Waals surface area contributed by atoms with Gasteiger partial charge in [0.05, 0.1) is 6.61 Å². The number of carbonyl (C=O) groups is 1. The van der Waals surface area contributed by atoms with Crippen LogP contribution in [0.1, 0.15) is 46.0 Å². The summed E-state index contributed by atoms with van der Waals surface area (Å²) in [5.74, 6) is 0. The van der Waals surface area contributed by atoms with Gasteiger partial charge in [0.1, 0.15) is 0 Å². The summed E-state index contributed by atoms with van der Waals surface area (Å²) in [6, 6.07) is 9.37. The lowest BCUT2D eigenvalue weighted by atomic mass is 10.2. The number of nitrogens with zero attached hydrogens (tertiary/aromatic N) is 1. The third-order valence-electron chi connectivity index (χ3n) is 3.53. The fraction of sp³-hybridized carbons (Fsp3) is 0.611. The molecule has 0 aromatic heterocycles. The fourth-order valence-corrected chi connectivity index (χ4v) is 2.23. The van der Waals surface area contributed by atoms with Gasteiger partial charge in [-0.1, -0.05) is 44.9 Å². The van der Waals surface area contributed by atoms with Crippen molar-refractivity contribution in [1.82, 2.24) is 4.90 Å². The molecule has 0 heterocycles. The fourth-order valence-electron chi connectivity index (χ4n) is 2.23. The maximum Gasteiger partial charge on any atom is 0.411 e. The van der Waals surface area contributed by atoms with Crippen LogP contribution in [0.3, 0.4) is 0 Å².